The van der Waals surface area contributed by atoms with Crippen LogP contribution in [0.3, 0.4) is 0 Å². The molecule has 34 nitrogen and oxygen atoms in total. The van der Waals surface area contributed by atoms with Gasteiger partial charge in [0, 0.05) is 127 Å². The number of aliphatic carboxylic acids is 3. The molecule has 0 radical (unpaired) electrons. The highest BCUT2D eigenvalue weighted by Gasteiger charge is 2.40. The summed E-state index contributed by atoms with van der Waals surface area (Å²) in [4.78, 5) is 150. The number of thioether (sulfide) groups is 2. The van der Waals surface area contributed by atoms with E-state index < -0.39 is 168 Å². The number of nitrogens with one attached hydrogen (secondary N) is 4. The molecule has 0 bridgehead atoms. The summed E-state index contributed by atoms with van der Waals surface area (Å²) in [5.74, 6) is -11.5. The topological polar surface area (TPSA) is 523 Å². The number of aromatic amines is 1. The van der Waals surface area contributed by atoms with E-state index >= 15 is 0 Å². The van der Waals surface area contributed by atoms with E-state index in [1.807, 2.05) is 36.4 Å². The highest BCUT2D eigenvalue weighted by Crippen LogP contribution is 2.44. The second kappa shape index (κ2) is 40.8. The van der Waals surface area contributed by atoms with Crippen LogP contribution in [0.5, 0.6) is 0 Å². The maximum Gasteiger partial charge on any atom is 0.326 e. The predicted octanol–water partition coefficient (Wildman–Crippen LogP) is 6.56. The third kappa shape index (κ3) is 24.9. The molecule has 3 aliphatic rings. The van der Waals surface area contributed by atoms with Gasteiger partial charge in [-0.2, -0.15) is 4.98 Å². The van der Waals surface area contributed by atoms with Gasteiger partial charge in [-0.15, -0.1) is 11.8 Å². The first kappa shape index (κ1) is 92.3. The number of carboxylic acids is 3. The quantitative estimate of drug-likeness (QED) is 0.00372. The van der Waals surface area contributed by atoms with Crippen molar-refractivity contribution in [3.8, 4) is 22.5 Å². The molecule has 2 aliphatic heterocycles. The number of ketones is 2. The number of benzene rings is 4. The molecule has 117 heavy (non-hydrogen) atoms. The van der Waals surface area contributed by atoms with Crippen LogP contribution in [-0.4, -0.2) is 215 Å². The van der Waals surface area contributed by atoms with E-state index in [1.54, 1.807) is 31.1 Å². The van der Waals surface area contributed by atoms with Gasteiger partial charge in [-0.3, -0.25) is 53.0 Å². The number of fused-ring (bicyclic) bond motifs is 3. The number of anilines is 3. The Morgan fingerprint density at radius 3 is 2.09 bits per heavy atom. The lowest BCUT2D eigenvalue weighted by Gasteiger charge is -2.32. The van der Waals surface area contributed by atoms with Crippen LogP contribution in [0, 0.1) is 11.8 Å². The zero-order valence-corrected chi connectivity index (χ0v) is 71.8. The first-order valence-electron chi connectivity index (χ1n) is 37.9. The molecular formula is C77H98N14O20S4Si2. The zero-order chi connectivity index (χ0) is 86.0. The number of nitrogens with zero attached hydrogens (tertiary/aromatic N) is 8. The summed E-state index contributed by atoms with van der Waals surface area (Å²) in [6, 6.07) is 19.1. The van der Waals surface area contributed by atoms with Gasteiger partial charge in [0.05, 0.1) is 69.6 Å². The third-order valence-corrected chi connectivity index (χ3v) is 33.4. The molecule has 5 heterocycles. The predicted molar refractivity (Wildman–Crippen MR) is 446 cm³/mol. The number of aromatic nitrogens is 6. The molecule has 0 saturated carbocycles. The monoisotopic (exact) mass is 1720 g/mol. The lowest BCUT2D eigenvalue weighted by atomic mass is 9.93. The van der Waals surface area contributed by atoms with Crippen molar-refractivity contribution in [2.24, 2.45) is 17.6 Å². The van der Waals surface area contributed by atoms with Gasteiger partial charge in [0.2, 0.25) is 29.0 Å². The number of nitrogens with two attached hydrogens (primary N) is 2. The number of carboxylic acid groups (broad SMARTS) is 3. The molecule has 1 unspecified atom stereocenters. The van der Waals surface area contributed by atoms with Crippen LogP contribution < -0.4 is 47.8 Å². The van der Waals surface area contributed by atoms with Crippen LogP contribution in [0.2, 0.25) is 32.2 Å². The van der Waals surface area contributed by atoms with E-state index in [1.165, 1.54) is 42.6 Å². The van der Waals surface area contributed by atoms with Gasteiger partial charge >= 0.3 is 17.9 Å². The van der Waals surface area contributed by atoms with E-state index in [9.17, 15) is 84.7 Å². The van der Waals surface area contributed by atoms with Gasteiger partial charge in [0.25, 0.3) is 11.5 Å². The molecule has 5 atom stereocenters. The molecule has 9 rings (SSSR count). The van der Waals surface area contributed by atoms with Crippen molar-refractivity contribution >= 4 is 153 Å². The molecule has 11 N–H and O–H groups in total. The van der Waals surface area contributed by atoms with Crippen molar-refractivity contribution < 1.29 is 88.4 Å². The minimum atomic E-state index is -5.15. The molecular weight excluding hydrogens is 1630 g/mol. The number of carbonyl (C=O) groups excluding carboxylic acids is 6. The van der Waals surface area contributed by atoms with Gasteiger partial charge in [-0.05, 0) is 140 Å². The van der Waals surface area contributed by atoms with Crippen molar-refractivity contribution in [2.45, 2.75) is 158 Å². The van der Waals surface area contributed by atoms with Crippen LogP contribution in [0.4, 0.5) is 17.3 Å². The molecule has 3 aromatic carbocycles. The first-order chi connectivity index (χ1) is 55.2. The summed E-state index contributed by atoms with van der Waals surface area (Å²) < 4.78 is 81.7. The Morgan fingerprint density at radius 1 is 0.795 bits per heavy atom. The van der Waals surface area contributed by atoms with Crippen molar-refractivity contribution in [1.82, 2.24) is 50.0 Å². The van der Waals surface area contributed by atoms with E-state index in [2.05, 4.69) is 116 Å². The van der Waals surface area contributed by atoms with Crippen molar-refractivity contribution in [1.29, 1.82) is 0 Å². The second-order valence-corrected chi connectivity index (χ2v) is 43.9. The van der Waals surface area contributed by atoms with Gasteiger partial charge in [0.1, 0.15) is 46.4 Å². The Labute approximate surface area is 686 Å². The van der Waals surface area contributed by atoms with Crippen LogP contribution in [-0.2, 0) is 75.4 Å². The minimum absolute atomic E-state index is 0.00727. The fourth-order valence-electron chi connectivity index (χ4n) is 13.0. The Hall–Kier alpha value is -10.2. The standard InChI is InChI=1S/C40H54N4O7S3Si2.C37H44N10O13S/c1-10-43(11-2)30-15-18-33-36(23-30)50-37-24-31(44(12-3)13-4)16-19-34(37)39(33)35-20-17-32(25-38(35)54(47,48)49)53(45,46)22-21-29-26-41-40(42-27-29)52-28-56(8,9)51-55(6,7)14-5;1-2-47-27(50)12-26(34(47)56)61-16-19(35(57)58)10-25(49)24(13-38)44-32(54)18(11-28(51)52)9-22(48)7-8-23(36(59)60)43-31(53)17-3-5-20(6-4-17)40-14-21-15-41-30-29(42-21)33(55)46-37(39)45-30/h15-20,23-27H,10-14,21-22,28H2,1-9H3;3-6,15,18-19,23-24,26,40H,2,7-14,16,38H2,1H3,(H,43,53)(H,44,54)(H,51,52)(H,57,58)(H,59,60)(H3,39,41,45,46,55)/t;18-,19-,23-,24-,26?/m.0/s1. The van der Waals surface area contributed by atoms with E-state index in [0.717, 1.165) is 71.4 Å². The SMILES string of the molecule is CCN(CC)c1ccc2c(-c3ccc(S(=O)(=O)CCc4cnc(SC[Si](C)(C)O[Si](C)(C)CC)nc4)cc3S(=O)(=O)[O-])c3ccc(=[N+](CC)CC)cc-3oc2c1.CCN1C(=O)CC(SC[C@H](CC(=O)[C@H](CN)NC(=O)[C@H](CC(=O)O)CC(=O)CC[C@H](NC(=O)c2ccc(NCc3cnc4nc(N)[nH]c(=O)c4n3)cc2)C(=O)O)C(=O)O)C1=O. The summed E-state index contributed by atoms with van der Waals surface area (Å²) in [7, 11) is -12.8. The Balaban J connectivity index is 0.000000293. The fraction of sp³-hybridized carbons (Fsp3) is 0.429. The molecule has 40 heteroatoms. The van der Waals surface area contributed by atoms with Crippen molar-refractivity contribution in [3.63, 3.8) is 0 Å². The Morgan fingerprint density at radius 2 is 1.48 bits per heavy atom. The first-order valence-corrected chi connectivity index (χ1v) is 49.2. The van der Waals surface area contributed by atoms with Crippen LogP contribution in [0.1, 0.15) is 102 Å². The number of carbonyl (C=O) groups is 9. The minimum Gasteiger partial charge on any atom is -0.744 e. The van der Waals surface area contributed by atoms with Crippen LogP contribution in [0.15, 0.2) is 122 Å². The molecule has 628 valence electrons. The number of H-pyrrole nitrogens is 1. The summed E-state index contributed by atoms with van der Waals surface area (Å²) in [6.07, 6.45) is 1.57. The number of Topliss-reactive ketones (excluding diaryl/α,β-unsaturated/α-hetero) is 2. The second-order valence-electron chi connectivity index (χ2n) is 28.9. The van der Waals surface area contributed by atoms with E-state index in [0.29, 0.717) is 50.0 Å². The highest BCUT2D eigenvalue weighted by molar-refractivity contribution is 8.01. The van der Waals surface area contributed by atoms with Crippen LogP contribution in [0.25, 0.3) is 44.6 Å². The number of rotatable bonds is 41. The number of amides is 4. The summed E-state index contributed by atoms with van der Waals surface area (Å²) in [5.41, 5.74) is 15.0. The fourth-order valence-corrected chi connectivity index (χ4v) is 25.8. The molecule has 1 aliphatic carbocycles. The average Bonchev–Trinajstić information content (AvgIpc) is 1.27. The number of nitrogen functional groups attached to an aromatic ring is 1. The molecule has 0 spiro atoms. The number of aryl methyl sites for hydroxylation is 1. The largest absolute Gasteiger partial charge is 0.744 e. The maximum absolute atomic E-state index is 13.7. The molecule has 3 aromatic heterocycles. The normalized spacial score (nSPS) is 14.3. The molecule has 1 saturated heterocycles. The van der Waals surface area contributed by atoms with Gasteiger partial charge in [-0.25, -0.2) is 46.1 Å². The summed E-state index contributed by atoms with van der Waals surface area (Å²) in [6.45, 7) is 23.8. The Bertz CT molecular complexity index is 5360. The number of hydrogen-bond donors (Lipinski definition) is 9. The number of hydrogen-bond acceptors (Lipinski definition) is 28. The highest BCUT2D eigenvalue weighted by atomic mass is 32.2. The van der Waals surface area contributed by atoms with Crippen LogP contribution >= 0.6 is 23.5 Å². The smallest absolute Gasteiger partial charge is 0.326 e. The van der Waals surface area contributed by atoms with Gasteiger partial charge in [0.15, 0.2) is 48.6 Å². The number of imide groups is 1. The van der Waals surface area contributed by atoms with Gasteiger partial charge in [-0.1, -0.05) is 24.8 Å². The lowest BCUT2D eigenvalue weighted by molar-refractivity contribution is -0.144. The number of likely N-dealkylation sites (tertiary alicyclic amines) is 1. The van der Waals surface area contributed by atoms with E-state index in [4.69, 9.17) is 20.0 Å². The average molecular weight is 1720 g/mol. The zero-order valence-electron chi connectivity index (χ0n) is 66.5. The molecule has 4 amide bonds. The summed E-state index contributed by atoms with van der Waals surface area (Å²) in [5, 5.41) is 38.7. The van der Waals surface area contributed by atoms with E-state index in [-0.39, 0.29) is 70.6 Å². The Kier molecular flexibility index (Phi) is 32.2. The maximum atomic E-state index is 13.7. The molecule has 6 aromatic rings. The van der Waals surface area contributed by atoms with Gasteiger partial charge < -0.3 is 60.7 Å². The lowest BCUT2D eigenvalue weighted by Crippen LogP contribution is -2.49. The number of sulfone groups is 1. The van der Waals surface area contributed by atoms with Crippen molar-refractivity contribution in [3.05, 3.63) is 130 Å². The van der Waals surface area contributed by atoms with Crippen molar-refractivity contribution in [2.75, 3.05) is 72.1 Å². The molecule has 1 fully saturated rings. The third-order valence-electron chi connectivity index (χ3n) is 19.5. The summed E-state index contributed by atoms with van der Waals surface area (Å²) >= 11 is 2.46.